The van der Waals surface area contributed by atoms with Crippen LogP contribution in [0.25, 0.3) is 0 Å². The Morgan fingerprint density at radius 3 is 1.25 bits per heavy atom. The summed E-state index contributed by atoms with van der Waals surface area (Å²) in [6, 6.07) is 0. The topological polar surface area (TPSA) is 98.8 Å². The monoisotopic (exact) mass is 692 g/mol. The molecular formula is C24H61O9PSi6. The molecule has 0 heterocycles. The minimum atomic E-state index is -3.90. The van der Waals surface area contributed by atoms with Gasteiger partial charge >= 0.3 is 7.82 Å². The molecule has 240 valence electrons. The molecular weight excluding hydrogens is 632 g/mol. The van der Waals surface area contributed by atoms with E-state index in [4.69, 9.17) is 30.7 Å². The third-order valence-corrected chi connectivity index (χ3v) is 14.7. The lowest BCUT2D eigenvalue weighted by Crippen LogP contribution is -2.55. The standard InChI is InChI=1S/C24H61O9PSi6/c1-35(2,3)28-21(19-23(25)30-37(7,8)9)24(31-38(10,11)12)22(29-36(4,5)6)20-27-34(26,32-39(13,14)15)33-40(16,17)18/h21-22,24H,19-20H2,1-18H3/t21-,22-,24+/m1/s1. The fraction of sp³-hybridized carbons (Fsp3) is 0.958. The van der Waals surface area contributed by atoms with Crippen molar-refractivity contribution in [2.75, 3.05) is 6.61 Å². The van der Waals surface area contributed by atoms with E-state index < -0.39 is 76.0 Å². The zero-order chi connectivity index (χ0) is 32.2. The smallest absolute Gasteiger partial charge is 0.455 e. The van der Waals surface area contributed by atoms with Crippen LogP contribution in [0, 0.1) is 0 Å². The van der Waals surface area contributed by atoms with E-state index in [-0.39, 0.29) is 19.0 Å². The summed E-state index contributed by atoms with van der Waals surface area (Å²) in [5.74, 6) is -0.311. The van der Waals surface area contributed by atoms with Gasteiger partial charge in [0.25, 0.3) is 5.97 Å². The molecule has 16 heteroatoms. The number of rotatable bonds is 18. The molecule has 0 aromatic heterocycles. The summed E-state index contributed by atoms with van der Waals surface area (Å²) in [5.41, 5.74) is 0. The molecule has 9 nitrogen and oxygen atoms in total. The van der Waals surface area contributed by atoms with Gasteiger partial charge in [0.15, 0.2) is 41.6 Å². The van der Waals surface area contributed by atoms with Crippen molar-refractivity contribution in [1.29, 1.82) is 0 Å². The summed E-state index contributed by atoms with van der Waals surface area (Å²) in [4.78, 5) is 13.1. The molecule has 0 rings (SSSR count). The Balaban J connectivity index is 6.71. The van der Waals surface area contributed by atoms with Crippen molar-refractivity contribution in [2.24, 2.45) is 0 Å². The van der Waals surface area contributed by atoms with Gasteiger partial charge in [0.1, 0.15) is 0 Å². The van der Waals surface area contributed by atoms with Gasteiger partial charge in [-0.2, -0.15) is 0 Å². The molecule has 40 heavy (non-hydrogen) atoms. The van der Waals surface area contributed by atoms with Crippen LogP contribution >= 0.6 is 7.82 Å². The molecule has 0 aromatic carbocycles. The molecule has 0 aliphatic heterocycles. The van der Waals surface area contributed by atoms with Gasteiger partial charge < -0.3 is 26.1 Å². The Bertz CT molecular complexity index is 830. The van der Waals surface area contributed by atoms with Crippen molar-refractivity contribution < 1.29 is 40.0 Å². The molecule has 0 radical (unpaired) electrons. The first kappa shape index (κ1) is 40.8. The second-order valence-corrected chi connectivity index (χ2v) is 45.0. The molecule has 0 amide bonds. The predicted octanol–water partition coefficient (Wildman–Crippen LogP) is 8.24. The van der Waals surface area contributed by atoms with E-state index in [1.807, 2.05) is 58.9 Å². The van der Waals surface area contributed by atoms with Gasteiger partial charge in [0, 0.05) is 0 Å². The average Bonchev–Trinajstić information content (AvgIpc) is 2.54. The zero-order valence-electron chi connectivity index (χ0n) is 28.8. The molecule has 0 aliphatic carbocycles. The van der Waals surface area contributed by atoms with Crippen molar-refractivity contribution in [3.8, 4) is 0 Å². The molecule has 0 fully saturated rings. The lowest BCUT2D eigenvalue weighted by Gasteiger charge is -2.42. The maximum Gasteiger partial charge on any atom is 0.455 e. The lowest BCUT2D eigenvalue weighted by molar-refractivity contribution is -0.140. The summed E-state index contributed by atoms with van der Waals surface area (Å²) >= 11 is 0. The summed E-state index contributed by atoms with van der Waals surface area (Å²) in [6.07, 6.45) is -1.90. The first-order valence-electron chi connectivity index (χ1n) is 14.2. The van der Waals surface area contributed by atoms with E-state index in [1.54, 1.807) is 0 Å². The number of phosphoric acid groups is 1. The molecule has 0 bridgehead atoms. The van der Waals surface area contributed by atoms with Crippen LogP contribution in [-0.2, 0) is 40.0 Å². The van der Waals surface area contributed by atoms with E-state index in [9.17, 15) is 9.36 Å². The summed E-state index contributed by atoms with van der Waals surface area (Å²) in [6.45, 7) is 36.3. The number of hydrogen-bond donors (Lipinski definition) is 0. The third kappa shape index (κ3) is 21.4. The van der Waals surface area contributed by atoms with Crippen LogP contribution in [0.4, 0.5) is 0 Å². The molecule has 0 aromatic rings. The predicted molar refractivity (Wildman–Crippen MR) is 181 cm³/mol. The van der Waals surface area contributed by atoms with Crippen molar-refractivity contribution in [2.45, 2.75) is 143 Å². The fourth-order valence-electron chi connectivity index (χ4n) is 3.58. The van der Waals surface area contributed by atoms with Gasteiger partial charge in [-0.3, -0.25) is 9.32 Å². The normalized spacial score (nSPS) is 16.9. The van der Waals surface area contributed by atoms with Crippen LogP contribution in [0.2, 0.25) is 118 Å². The van der Waals surface area contributed by atoms with E-state index in [0.717, 1.165) is 0 Å². The van der Waals surface area contributed by atoms with Crippen molar-refractivity contribution in [1.82, 2.24) is 0 Å². The van der Waals surface area contributed by atoms with E-state index in [0.29, 0.717) is 0 Å². The summed E-state index contributed by atoms with van der Waals surface area (Å²) in [7, 11) is -17.1. The largest absolute Gasteiger partial charge is 0.520 e. The van der Waals surface area contributed by atoms with Crippen molar-refractivity contribution >= 4 is 63.7 Å². The van der Waals surface area contributed by atoms with Crippen molar-refractivity contribution in [3.05, 3.63) is 0 Å². The number of carbonyl (C=O) groups is 1. The Kier molecular flexibility index (Phi) is 15.0. The minimum Gasteiger partial charge on any atom is -0.520 e. The Labute approximate surface area is 252 Å². The second-order valence-electron chi connectivity index (χ2n) is 16.2. The van der Waals surface area contributed by atoms with E-state index in [2.05, 4.69) is 58.9 Å². The Hall–Kier alpha value is 0.761. The molecule has 0 saturated heterocycles. The first-order chi connectivity index (χ1) is 17.3. The van der Waals surface area contributed by atoms with E-state index in [1.165, 1.54) is 0 Å². The summed E-state index contributed by atoms with van der Waals surface area (Å²) < 4.78 is 58.1. The number of carbonyl (C=O) groups excluding carboxylic acids is 1. The van der Waals surface area contributed by atoms with Crippen LogP contribution in [0.3, 0.4) is 0 Å². The highest BCUT2D eigenvalue weighted by molar-refractivity contribution is 7.52. The average molecular weight is 693 g/mol. The maximum atomic E-state index is 14.0. The molecule has 0 spiro atoms. The first-order valence-corrected chi connectivity index (χ1v) is 36.1. The van der Waals surface area contributed by atoms with Crippen molar-refractivity contribution in [3.63, 3.8) is 0 Å². The van der Waals surface area contributed by atoms with Crippen LogP contribution in [0.5, 0.6) is 0 Å². The maximum absolute atomic E-state index is 14.0. The SMILES string of the molecule is C[Si](C)(C)OC(=O)C[C@@H](O[Si](C)(C)C)[C@H](O[Si](C)(C)C)[C@@H](COP(=O)(O[Si](C)(C)C)O[Si](C)(C)C)O[Si](C)(C)C. The minimum absolute atomic E-state index is 0.0315. The zero-order valence-corrected chi connectivity index (χ0v) is 35.7. The van der Waals surface area contributed by atoms with Gasteiger partial charge in [-0.15, -0.1) is 0 Å². The second kappa shape index (κ2) is 14.7. The van der Waals surface area contributed by atoms with Crippen LogP contribution < -0.4 is 0 Å². The third-order valence-electron chi connectivity index (χ3n) is 4.19. The highest BCUT2D eigenvalue weighted by Crippen LogP contribution is 2.54. The van der Waals surface area contributed by atoms with Gasteiger partial charge in [0.2, 0.25) is 8.32 Å². The van der Waals surface area contributed by atoms with Crippen LogP contribution in [-0.4, -0.2) is 80.8 Å². The lowest BCUT2D eigenvalue weighted by atomic mass is 10.1. The molecule has 3 atom stereocenters. The van der Waals surface area contributed by atoms with Gasteiger partial charge in [-0.05, 0) is 118 Å². The highest BCUT2D eigenvalue weighted by Gasteiger charge is 2.44. The molecule has 0 unspecified atom stereocenters. The Morgan fingerprint density at radius 1 is 0.550 bits per heavy atom. The summed E-state index contributed by atoms with van der Waals surface area (Å²) in [5, 5.41) is 0. The van der Waals surface area contributed by atoms with E-state index >= 15 is 0 Å². The Morgan fingerprint density at radius 2 is 0.925 bits per heavy atom. The number of hydrogen-bond acceptors (Lipinski definition) is 9. The van der Waals surface area contributed by atoms with Crippen LogP contribution in [0.15, 0.2) is 0 Å². The molecule has 0 N–H and O–H groups in total. The van der Waals surface area contributed by atoms with Crippen LogP contribution in [0.1, 0.15) is 6.42 Å². The van der Waals surface area contributed by atoms with Gasteiger partial charge in [-0.25, -0.2) is 4.57 Å². The fourth-order valence-corrected chi connectivity index (χ4v) is 14.3. The highest BCUT2D eigenvalue weighted by atomic mass is 31.2. The molecule has 0 aliphatic rings. The molecule has 0 saturated carbocycles. The quantitative estimate of drug-likeness (QED) is 0.104. The van der Waals surface area contributed by atoms with Gasteiger partial charge in [0.05, 0.1) is 31.3 Å². The van der Waals surface area contributed by atoms with Gasteiger partial charge in [-0.1, -0.05) is 0 Å².